The van der Waals surface area contributed by atoms with Crippen molar-refractivity contribution in [1.82, 2.24) is 9.97 Å². The third-order valence-electron chi connectivity index (χ3n) is 3.44. The van der Waals surface area contributed by atoms with Crippen molar-refractivity contribution >= 4 is 11.6 Å². The fourth-order valence-corrected chi connectivity index (χ4v) is 2.27. The number of hydrogen-bond acceptors (Lipinski definition) is 5. The summed E-state index contributed by atoms with van der Waals surface area (Å²) >= 11 is 0. The van der Waals surface area contributed by atoms with E-state index in [-0.39, 0.29) is 5.92 Å². The number of aryl methyl sites for hydroxylation is 1. The maximum Gasteiger partial charge on any atom is 0.137 e. The zero-order chi connectivity index (χ0) is 15.6. The first-order chi connectivity index (χ1) is 9.92. The van der Waals surface area contributed by atoms with Gasteiger partial charge in [0.1, 0.15) is 29.0 Å². The summed E-state index contributed by atoms with van der Waals surface area (Å²) in [5.41, 5.74) is 1.05. The lowest BCUT2D eigenvalue weighted by atomic mass is 10.2. The van der Waals surface area contributed by atoms with Crippen molar-refractivity contribution in [3.05, 3.63) is 35.0 Å². The van der Waals surface area contributed by atoms with Crippen molar-refractivity contribution in [3.63, 3.8) is 0 Å². The summed E-state index contributed by atoms with van der Waals surface area (Å²) in [6, 6.07) is 3.99. The number of nitrogens with zero attached hydrogens (tertiary/aromatic N) is 3. The lowest BCUT2D eigenvalue weighted by Crippen LogP contribution is -2.21. The SMILES string of the molecule is CNc1nc(C(C)C)nc(N(C)Cc2ccc(C)o2)c1C. The van der Waals surface area contributed by atoms with Crippen LogP contribution in [0.3, 0.4) is 0 Å². The van der Waals surface area contributed by atoms with Crippen LogP contribution in [0.15, 0.2) is 16.5 Å². The predicted molar refractivity (Wildman–Crippen MR) is 86.0 cm³/mol. The summed E-state index contributed by atoms with van der Waals surface area (Å²) in [7, 11) is 3.91. The number of furan rings is 1. The minimum Gasteiger partial charge on any atom is -0.464 e. The van der Waals surface area contributed by atoms with Crippen LogP contribution >= 0.6 is 0 Å². The van der Waals surface area contributed by atoms with E-state index in [0.29, 0.717) is 6.54 Å². The molecule has 114 valence electrons. The number of hydrogen-bond donors (Lipinski definition) is 1. The predicted octanol–water partition coefficient (Wildman–Crippen LogP) is 3.49. The number of rotatable bonds is 5. The molecule has 0 saturated heterocycles. The van der Waals surface area contributed by atoms with Gasteiger partial charge in [-0.15, -0.1) is 0 Å². The van der Waals surface area contributed by atoms with Gasteiger partial charge in [0.05, 0.1) is 6.54 Å². The molecule has 5 nitrogen and oxygen atoms in total. The van der Waals surface area contributed by atoms with E-state index in [4.69, 9.17) is 9.40 Å². The topological polar surface area (TPSA) is 54.2 Å². The first kappa shape index (κ1) is 15.4. The van der Waals surface area contributed by atoms with Crippen LogP contribution in [0.25, 0.3) is 0 Å². The van der Waals surface area contributed by atoms with Gasteiger partial charge in [-0.05, 0) is 26.0 Å². The van der Waals surface area contributed by atoms with E-state index < -0.39 is 0 Å². The standard InChI is InChI=1S/C16H24N4O/c1-10(2)14-18-15(17-5)12(4)16(19-14)20(6)9-13-8-7-11(3)21-13/h7-8,10H,9H2,1-6H3,(H,17,18,19). The lowest BCUT2D eigenvalue weighted by molar-refractivity contribution is 0.481. The molecule has 0 aliphatic heterocycles. The van der Waals surface area contributed by atoms with E-state index in [1.165, 1.54) is 0 Å². The molecule has 0 aliphatic rings. The number of nitrogens with one attached hydrogen (secondary N) is 1. The van der Waals surface area contributed by atoms with Crippen LogP contribution in [0.5, 0.6) is 0 Å². The van der Waals surface area contributed by atoms with E-state index >= 15 is 0 Å². The van der Waals surface area contributed by atoms with Crippen LogP contribution in [-0.2, 0) is 6.54 Å². The van der Waals surface area contributed by atoms with Gasteiger partial charge in [0.15, 0.2) is 0 Å². The number of aromatic nitrogens is 2. The van der Waals surface area contributed by atoms with E-state index in [9.17, 15) is 0 Å². The molecule has 0 saturated carbocycles. The molecule has 5 heteroatoms. The van der Waals surface area contributed by atoms with Crippen LogP contribution in [0.2, 0.25) is 0 Å². The van der Waals surface area contributed by atoms with Crippen molar-refractivity contribution in [1.29, 1.82) is 0 Å². The summed E-state index contributed by atoms with van der Waals surface area (Å²) < 4.78 is 5.65. The minimum atomic E-state index is 0.288. The Hall–Kier alpha value is -2.04. The Morgan fingerprint density at radius 2 is 1.95 bits per heavy atom. The fourth-order valence-electron chi connectivity index (χ4n) is 2.27. The molecule has 2 rings (SSSR count). The van der Waals surface area contributed by atoms with Crippen LogP contribution < -0.4 is 10.2 Å². The highest BCUT2D eigenvalue weighted by molar-refractivity contribution is 5.58. The van der Waals surface area contributed by atoms with Gasteiger partial charge in [-0.1, -0.05) is 13.8 Å². The molecule has 1 N–H and O–H groups in total. The first-order valence-corrected chi connectivity index (χ1v) is 7.25. The molecule has 0 radical (unpaired) electrons. The van der Waals surface area contributed by atoms with Gasteiger partial charge in [-0.2, -0.15) is 0 Å². The van der Waals surface area contributed by atoms with Crippen LogP contribution in [0.1, 0.15) is 42.7 Å². The van der Waals surface area contributed by atoms with Gasteiger partial charge in [0.2, 0.25) is 0 Å². The second-order valence-electron chi connectivity index (χ2n) is 5.65. The molecule has 0 bridgehead atoms. The quantitative estimate of drug-likeness (QED) is 0.912. The van der Waals surface area contributed by atoms with Crippen molar-refractivity contribution < 1.29 is 4.42 Å². The van der Waals surface area contributed by atoms with Gasteiger partial charge < -0.3 is 14.6 Å². The Kier molecular flexibility index (Phi) is 4.50. The summed E-state index contributed by atoms with van der Waals surface area (Å²) in [6.45, 7) is 8.88. The van der Waals surface area contributed by atoms with E-state index in [1.807, 2.05) is 40.1 Å². The maximum absolute atomic E-state index is 5.65. The highest BCUT2D eigenvalue weighted by Gasteiger charge is 2.16. The third kappa shape index (κ3) is 3.35. The largest absolute Gasteiger partial charge is 0.464 e. The summed E-state index contributed by atoms with van der Waals surface area (Å²) in [5.74, 6) is 4.82. The van der Waals surface area contributed by atoms with Crippen molar-refractivity contribution in [2.75, 3.05) is 24.3 Å². The average molecular weight is 288 g/mol. The molecule has 0 fully saturated rings. The Balaban J connectivity index is 2.34. The highest BCUT2D eigenvalue weighted by atomic mass is 16.3. The Morgan fingerprint density at radius 3 is 2.48 bits per heavy atom. The second kappa shape index (κ2) is 6.16. The van der Waals surface area contributed by atoms with Crippen molar-refractivity contribution in [3.8, 4) is 0 Å². The summed E-state index contributed by atoms with van der Waals surface area (Å²) in [6.07, 6.45) is 0. The van der Waals surface area contributed by atoms with E-state index in [1.54, 1.807) is 0 Å². The summed E-state index contributed by atoms with van der Waals surface area (Å²) in [4.78, 5) is 11.4. The molecule has 0 atom stereocenters. The summed E-state index contributed by atoms with van der Waals surface area (Å²) in [5, 5.41) is 3.15. The Morgan fingerprint density at radius 1 is 1.24 bits per heavy atom. The van der Waals surface area contributed by atoms with Crippen molar-refractivity contribution in [2.45, 2.75) is 40.2 Å². The molecule has 0 aliphatic carbocycles. The number of anilines is 2. The molecule has 0 unspecified atom stereocenters. The molecule has 2 aromatic rings. The average Bonchev–Trinajstić information content (AvgIpc) is 2.83. The minimum absolute atomic E-state index is 0.288. The molecular weight excluding hydrogens is 264 g/mol. The van der Waals surface area contributed by atoms with Crippen LogP contribution in [0, 0.1) is 13.8 Å². The Bertz CT molecular complexity index is 619. The zero-order valence-electron chi connectivity index (χ0n) is 13.7. The molecule has 0 amide bonds. The lowest BCUT2D eigenvalue weighted by Gasteiger charge is -2.22. The molecular formula is C16H24N4O. The van der Waals surface area contributed by atoms with Crippen LogP contribution in [-0.4, -0.2) is 24.1 Å². The Labute approximate surface area is 126 Å². The van der Waals surface area contributed by atoms with Gasteiger partial charge >= 0.3 is 0 Å². The van der Waals surface area contributed by atoms with Gasteiger partial charge in [-0.25, -0.2) is 9.97 Å². The van der Waals surface area contributed by atoms with Gasteiger partial charge in [0, 0.05) is 25.6 Å². The normalized spacial score (nSPS) is 11.0. The zero-order valence-corrected chi connectivity index (χ0v) is 13.7. The molecule has 21 heavy (non-hydrogen) atoms. The highest BCUT2D eigenvalue weighted by Crippen LogP contribution is 2.26. The van der Waals surface area contributed by atoms with E-state index in [0.717, 1.165) is 34.5 Å². The molecule has 2 aromatic heterocycles. The molecule has 2 heterocycles. The van der Waals surface area contributed by atoms with Gasteiger partial charge in [0.25, 0.3) is 0 Å². The molecule has 0 aromatic carbocycles. The smallest absolute Gasteiger partial charge is 0.137 e. The monoisotopic (exact) mass is 288 g/mol. The van der Waals surface area contributed by atoms with Crippen LogP contribution in [0.4, 0.5) is 11.6 Å². The van der Waals surface area contributed by atoms with Crippen molar-refractivity contribution in [2.24, 2.45) is 0 Å². The van der Waals surface area contributed by atoms with E-state index in [2.05, 4.69) is 29.0 Å². The maximum atomic E-state index is 5.65. The van der Waals surface area contributed by atoms with Gasteiger partial charge in [-0.3, -0.25) is 0 Å². The second-order valence-corrected chi connectivity index (χ2v) is 5.65. The fraction of sp³-hybridized carbons (Fsp3) is 0.500. The first-order valence-electron chi connectivity index (χ1n) is 7.25. The third-order valence-corrected chi connectivity index (χ3v) is 3.44. The molecule has 0 spiro atoms.